The van der Waals surface area contributed by atoms with Crippen molar-refractivity contribution in [1.29, 1.82) is 0 Å². The first-order valence-electron chi connectivity index (χ1n) is 7.34. The minimum atomic E-state index is -0.923. The number of nitro benzene ring substituents is 1. The van der Waals surface area contributed by atoms with E-state index in [9.17, 15) is 14.9 Å². The topological polar surface area (TPSA) is 121 Å². The van der Waals surface area contributed by atoms with Crippen LogP contribution in [0, 0.1) is 10.1 Å². The molecule has 0 aliphatic rings. The SMILES string of the molecule is C[C@@H](OC(=O)c1cc(Cl)ccc1[N+](=O)[O-])c1nc(-c2cccnc2)no1. The lowest BCUT2D eigenvalue weighted by Crippen LogP contribution is -2.11. The van der Waals surface area contributed by atoms with E-state index in [0.29, 0.717) is 5.56 Å². The van der Waals surface area contributed by atoms with E-state index >= 15 is 0 Å². The fraction of sp³-hybridized carbons (Fsp3) is 0.125. The number of nitrogens with zero attached hydrogens (tertiary/aromatic N) is 4. The van der Waals surface area contributed by atoms with Gasteiger partial charge in [-0.15, -0.1) is 0 Å². The summed E-state index contributed by atoms with van der Waals surface area (Å²) >= 11 is 5.81. The predicted octanol–water partition coefficient (Wildman–Crippen LogP) is 3.61. The average Bonchev–Trinajstić information content (AvgIpc) is 3.12. The molecule has 2 aromatic heterocycles. The van der Waals surface area contributed by atoms with Gasteiger partial charge in [0.05, 0.1) is 4.92 Å². The molecule has 10 heteroatoms. The first kappa shape index (κ1) is 17.5. The number of hydrogen-bond acceptors (Lipinski definition) is 8. The van der Waals surface area contributed by atoms with Gasteiger partial charge < -0.3 is 9.26 Å². The molecule has 0 unspecified atom stereocenters. The standard InChI is InChI=1S/C16H11ClN4O5/c1-9(15-19-14(20-26-15)10-3-2-6-18-8-10)25-16(22)12-7-11(17)4-5-13(12)21(23)24/h2-9H,1H3/t9-/m1/s1. The second kappa shape index (κ2) is 7.28. The normalized spacial score (nSPS) is 11.8. The van der Waals surface area contributed by atoms with Gasteiger partial charge in [-0.3, -0.25) is 15.1 Å². The third-order valence-corrected chi connectivity index (χ3v) is 3.60. The summed E-state index contributed by atoms with van der Waals surface area (Å²) in [5.74, 6) is -0.598. The van der Waals surface area contributed by atoms with Gasteiger partial charge in [-0.1, -0.05) is 16.8 Å². The largest absolute Gasteiger partial charge is 0.449 e. The number of ether oxygens (including phenoxy) is 1. The third kappa shape index (κ3) is 3.67. The summed E-state index contributed by atoms with van der Waals surface area (Å²) in [5, 5.41) is 15.0. The summed E-state index contributed by atoms with van der Waals surface area (Å²) < 4.78 is 10.3. The van der Waals surface area contributed by atoms with E-state index < -0.39 is 22.7 Å². The Kier molecular flexibility index (Phi) is 4.90. The minimum absolute atomic E-state index is 0.0434. The number of carbonyl (C=O) groups excluding carboxylic acids is 1. The molecule has 0 saturated heterocycles. The molecule has 0 radical (unpaired) electrons. The molecular weight excluding hydrogens is 364 g/mol. The van der Waals surface area contributed by atoms with E-state index in [1.54, 1.807) is 24.5 Å². The van der Waals surface area contributed by atoms with Gasteiger partial charge >= 0.3 is 5.97 Å². The Bertz CT molecular complexity index is 960. The van der Waals surface area contributed by atoms with Crippen molar-refractivity contribution >= 4 is 23.3 Å². The van der Waals surface area contributed by atoms with Crippen LogP contribution in [-0.2, 0) is 4.74 Å². The Morgan fingerprint density at radius 1 is 1.38 bits per heavy atom. The summed E-state index contributed by atoms with van der Waals surface area (Å²) in [6.45, 7) is 1.51. The van der Waals surface area contributed by atoms with Crippen LogP contribution in [0.2, 0.25) is 5.02 Å². The molecule has 0 aliphatic carbocycles. The quantitative estimate of drug-likeness (QED) is 0.377. The van der Waals surface area contributed by atoms with E-state index in [-0.39, 0.29) is 22.3 Å². The molecule has 0 saturated carbocycles. The third-order valence-electron chi connectivity index (χ3n) is 3.37. The van der Waals surface area contributed by atoms with Crippen molar-refractivity contribution in [2.24, 2.45) is 0 Å². The van der Waals surface area contributed by atoms with Gasteiger partial charge in [0, 0.05) is 29.0 Å². The maximum atomic E-state index is 12.3. The molecule has 0 spiro atoms. The van der Waals surface area contributed by atoms with E-state index in [2.05, 4.69) is 15.1 Å². The summed E-state index contributed by atoms with van der Waals surface area (Å²) in [6.07, 6.45) is 2.24. The van der Waals surface area contributed by atoms with Crippen molar-refractivity contribution in [3.05, 3.63) is 69.3 Å². The van der Waals surface area contributed by atoms with Gasteiger partial charge in [0.1, 0.15) is 5.56 Å². The molecular formula is C16H11ClN4O5. The van der Waals surface area contributed by atoms with Gasteiger partial charge in [0.2, 0.25) is 5.82 Å². The maximum absolute atomic E-state index is 12.3. The fourth-order valence-corrected chi connectivity index (χ4v) is 2.29. The van der Waals surface area contributed by atoms with Crippen LogP contribution < -0.4 is 0 Å². The second-order valence-electron chi connectivity index (χ2n) is 5.16. The molecule has 0 amide bonds. The van der Waals surface area contributed by atoms with Crippen LogP contribution in [0.4, 0.5) is 5.69 Å². The van der Waals surface area contributed by atoms with Crippen LogP contribution in [-0.4, -0.2) is 26.0 Å². The number of rotatable bonds is 5. The Hall–Kier alpha value is -3.33. The van der Waals surface area contributed by atoms with Crippen molar-refractivity contribution in [1.82, 2.24) is 15.1 Å². The summed E-state index contributed by atoms with van der Waals surface area (Å²) in [4.78, 5) is 30.8. The number of esters is 1. The summed E-state index contributed by atoms with van der Waals surface area (Å²) in [5.41, 5.74) is -0.0407. The van der Waals surface area contributed by atoms with Crippen molar-refractivity contribution in [3.8, 4) is 11.4 Å². The van der Waals surface area contributed by atoms with Gasteiger partial charge in [-0.05, 0) is 31.2 Å². The van der Waals surface area contributed by atoms with Gasteiger partial charge in [0.15, 0.2) is 6.10 Å². The van der Waals surface area contributed by atoms with Gasteiger partial charge in [0.25, 0.3) is 11.6 Å². The molecule has 26 heavy (non-hydrogen) atoms. The molecule has 3 rings (SSSR count). The number of pyridine rings is 1. The number of nitro groups is 1. The zero-order valence-electron chi connectivity index (χ0n) is 13.3. The second-order valence-corrected chi connectivity index (χ2v) is 5.60. The molecule has 0 N–H and O–H groups in total. The first-order chi connectivity index (χ1) is 12.5. The number of hydrogen-bond donors (Lipinski definition) is 0. The lowest BCUT2D eigenvalue weighted by molar-refractivity contribution is -0.385. The van der Waals surface area contributed by atoms with E-state index in [1.165, 1.54) is 19.1 Å². The van der Waals surface area contributed by atoms with Crippen molar-refractivity contribution in [3.63, 3.8) is 0 Å². The predicted molar refractivity (Wildman–Crippen MR) is 89.5 cm³/mol. The molecule has 0 bridgehead atoms. The van der Waals surface area contributed by atoms with Crippen LogP contribution in [0.5, 0.6) is 0 Å². The highest BCUT2D eigenvalue weighted by atomic mass is 35.5. The summed E-state index contributed by atoms with van der Waals surface area (Å²) in [6, 6.07) is 7.08. The average molecular weight is 375 g/mol. The van der Waals surface area contributed by atoms with E-state index in [1.807, 2.05) is 0 Å². The Balaban J connectivity index is 1.79. The lowest BCUT2D eigenvalue weighted by Gasteiger charge is -2.09. The Morgan fingerprint density at radius 2 is 2.19 bits per heavy atom. The highest BCUT2D eigenvalue weighted by Crippen LogP contribution is 2.26. The number of carbonyl (C=O) groups is 1. The van der Waals surface area contributed by atoms with Crippen molar-refractivity contribution in [2.45, 2.75) is 13.0 Å². The molecule has 0 aliphatic heterocycles. The molecule has 1 atom stereocenters. The number of halogens is 1. The molecule has 3 aromatic rings. The number of aromatic nitrogens is 3. The van der Waals surface area contributed by atoms with Crippen molar-refractivity contribution < 1.29 is 19.0 Å². The zero-order chi connectivity index (χ0) is 18.7. The molecule has 0 fully saturated rings. The molecule has 2 heterocycles. The van der Waals surface area contributed by atoms with Crippen LogP contribution in [0.25, 0.3) is 11.4 Å². The molecule has 9 nitrogen and oxygen atoms in total. The molecule has 132 valence electrons. The Labute approximate surface area is 151 Å². The Morgan fingerprint density at radius 3 is 2.88 bits per heavy atom. The van der Waals surface area contributed by atoms with Crippen LogP contribution >= 0.6 is 11.6 Å². The van der Waals surface area contributed by atoms with Crippen LogP contribution in [0.1, 0.15) is 29.3 Å². The minimum Gasteiger partial charge on any atom is -0.449 e. The van der Waals surface area contributed by atoms with E-state index in [4.69, 9.17) is 20.9 Å². The van der Waals surface area contributed by atoms with Crippen LogP contribution in [0.3, 0.4) is 0 Å². The monoisotopic (exact) mass is 374 g/mol. The lowest BCUT2D eigenvalue weighted by atomic mass is 10.2. The van der Waals surface area contributed by atoms with Crippen molar-refractivity contribution in [2.75, 3.05) is 0 Å². The zero-order valence-corrected chi connectivity index (χ0v) is 14.1. The highest BCUT2D eigenvalue weighted by Gasteiger charge is 2.26. The summed E-state index contributed by atoms with van der Waals surface area (Å²) in [7, 11) is 0. The fourth-order valence-electron chi connectivity index (χ4n) is 2.12. The van der Waals surface area contributed by atoms with Gasteiger partial charge in [-0.25, -0.2) is 4.79 Å². The smallest absolute Gasteiger partial charge is 0.345 e. The van der Waals surface area contributed by atoms with E-state index in [0.717, 1.165) is 6.07 Å². The number of benzene rings is 1. The maximum Gasteiger partial charge on any atom is 0.345 e. The molecule has 1 aromatic carbocycles. The first-order valence-corrected chi connectivity index (χ1v) is 7.72. The van der Waals surface area contributed by atoms with Gasteiger partial charge in [-0.2, -0.15) is 4.98 Å². The highest BCUT2D eigenvalue weighted by molar-refractivity contribution is 6.31. The van der Waals surface area contributed by atoms with Crippen LogP contribution in [0.15, 0.2) is 47.2 Å².